The number of hydrogen-bond donors (Lipinski definition) is 1. The Morgan fingerprint density at radius 3 is 0.944 bits per heavy atom. The molecule has 0 aliphatic rings. The van der Waals surface area contributed by atoms with Gasteiger partial charge in [0.25, 0.3) is 0 Å². The molecule has 90 heavy (non-hydrogen) atoms. The van der Waals surface area contributed by atoms with Crippen molar-refractivity contribution in [2.24, 2.45) is 0 Å². The normalized spacial score (nSPS) is 13.7. The quantitative estimate of drug-likeness (QED) is 0.0211. The molecule has 0 rings (SSSR count). The number of carbonyl (C=O) groups is 2. The molecule has 0 heterocycles. The van der Waals surface area contributed by atoms with E-state index >= 15 is 0 Å². The van der Waals surface area contributed by atoms with Crippen molar-refractivity contribution in [3.05, 3.63) is 109 Å². The summed E-state index contributed by atoms with van der Waals surface area (Å²) in [6.07, 6.45) is 99.2. The number of likely N-dealkylation sites (N-methyl/N-ethyl adjacent to an activating group) is 1. The maximum absolute atomic E-state index is 12.9. The lowest BCUT2D eigenvalue weighted by Crippen LogP contribution is -2.37. The smallest absolute Gasteiger partial charge is 0.462 e. The number of quaternary nitrogens is 1. The lowest BCUT2D eigenvalue weighted by molar-refractivity contribution is -0.870. The van der Waals surface area contributed by atoms with Gasteiger partial charge in [0, 0.05) is 12.8 Å². The molecule has 0 amide bonds. The topological polar surface area (TPSA) is 108 Å². The Bertz CT molecular complexity index is 1890. The third kappa shape index (κ3) is 73.7. The fraction of sp³-hybridized carbons (Fsp3) is 0.750. The van der Waals surface area contributed by atoms with Crippen LogP contribution in [0.3, 0.4) is 0 Å². The van der Waals surface area contributed by atoms with E-state index in [1.807, 2.05) is 21.1 Å². The van der Waals surface area contributed by atoms with Gasteiger partial charge in [0.05, 0.1) is 27.7 Å². The first-order valence-electron chi connectivity index (χ1n) is 37.6. The van der Waals surface area contributed by atoms with E-state index in [0.29, 0.717) is 17.4 Å². The molecule has 0 aromatic heterocycles. The van der Waals surface area contributed by atoms with Gasteiger partial charge in [0.1, 0.15) is 19.8 Å². The molecule has 0 saturated heterocycles. The third-order valence-corrected chi connectivity index (χ3v) is 17.3. The summed E-state index contributed by atoms with van der Waals surface area (Å²) in [6.45, 7) is 4.35. The highest BCUT2D eigenvalue weighted by Crippen LogP contribution is 2.43. The first-order valence-corrected chi connectivity index (χ1v) is 39.1. The molecular formula is C80H143NO8P+. The molecule has 0 aromatic carbocycles. The Morgan fingerprint density at radius 1 is 0.356 bits per heavy atom. The summed E-state index contributed by atoms with van der Waals surface area (Å²) in [7, 11) is 1.48. The largest absolute Gasteiger partial charge is 0.472 e. The Balaban J connectivity index is 3.99. The molecule has 520 valence electrons. The Hall–Kier alpha value is -3.33. The van der Waals surface area contributed by atoms with Crippen LogP contribution >= 0.6 is 7.82 Å². The molecule has 2 atom stereocenters. The molecule has 1 N–H and O–H groups in total. The monoisotopic (exact) mass is 1280 g/mol. The molecule has 0 aliphatic heterocycles. The lowest BCUT2D eigenvalue weighted by Gasteiger charge is -2.24. The first kappa shape index (κ1) is 86.7. The van der Waals surface area contributed by atoms with Gasteiger partial charge in [0.2, 0.25) is 0 Å². The van der Waals surface area contributed by atoms with Crippen LogP contribution in [-0.4, -0.2) is 74.9 Å². The van der Waals surface area contributed by atoms with Crippen molar-refractivity contribution in [1.29, 1.82) is 0 Å². The number of ether oxygens (including phenoxy) is 2. The number of carbonyl (C=O) groups excluding carboxylic acids is 2. The van der Waals surface area contributed by atoms with Gasteiger partial charge in [-0.15, -0.1) is 0 Å². The summed E-state index contributed by atoms with van der Waals surface area (Å²) >= 11 is 0. The lowest BCUT2D eigenvalue weighted by atomic mass is 10.0. The van der Waals surface area contributed by atoms with Crippen LogP contribution in [0.25, 0.3) is 0 Å². The van der Waals surface area contributed by atoms with Crippen molar-refractivity contribution < 1.29 is 42.1 Å². The fourth-order valence-corrected chi connectivity index (χ4v) is 11.3. The SMILES string of the molecule is CC/C=C\C/C=C\C/C=C\C/C=C\C/C=C\C/C=C\C/C=C\CCCCCCCCCCCCCCCCCCCC(=O)OC(COC(=O)CCCCCCCCCCCCCCCCC/C=C\C/C=C\CCCCCCC)COP(=O)(O)OCC[N+](C)(C)C. The van der Waals surface area contributed by atoms with Gasteiger partial charge in [-0.3, -0.25) is 18.6 Å². The van der Waals surface area contributed by atoms with Gasteiger partial charge < -0.3 is 18.9 Å². The number of phosphoric acid groups is 1. The van der Waals surface area contributed by atoms with Gasteiger partial charge in [-0.25, -0.2) is 4.57 Å². The number of hydrogen-bond acceptors (Lipinski definition) is 7. The van der Waals surface area contributed by atoms with Gasteiger partial charge >= 0.3 is 19.8 Å². The molecule has 9 nitrogen and oxygen atoms in total. The minimum atomic E-state index is -4.40. The number of rotatable bonds is 69. The maximum atomic E-state index is 12.9. The summed E-state index contributed by atoms with van der Waals surface area (Å²) in [5, 5.41) is 0. The van der Waals surface area contributed by atoms with E-state index in [-0.39, 0.29) is 32.0 Å². The summed E-state index contributed by atoms with van der Waals surface area (Å²) in [5.74, 6) is -0.786. The molecule has 0 saturated carbocycles. The van der Waals surface area contributed by atoms with Gasteiger partial charge in [-0.05, 0) is 103 Å². The van der Waals surface area contributed by atoms with Crippen LogP contribution in [0.5, 0.6) is 0 Å². The number of esters is 2. The van der Waals surface area contributed by atoms with Crippen molar-refractivity contribution in [2.45, 2.75) is 341 Å². The first-order chi connectivity index (χ1) is 44.0. The molecule has 0 bridgehead atoms. The van der Waals surface area contributed by atoms with E-state index in [1.54, 1.807) is 0 Å². The Labute approximate surface area is 556 Å². The van der Waals surface area contributed by atoms with E-state index in [1.165, 1.54) is 218 Å². The average molecular weight is 1280 g/mol. The summed E-state index contributed by atoms with van der Waals surface area (Å²) in [4.78, 5) is 35.9. The molecule has 0 fully saturated rings. The highest BCUT2D eigenvalue weighted by atomic mass is 31.2. The number of allylic oxidation sites excluding steroid dienone is 18. The molecular weight excluding hydrogens is 1130 g/mol. The van der Waals surface area contributed by atoms with E-state index in [4.69, 9.17) is 18.5 Å². The predicted molar refractivity (Wildman–Crippen MR) is 390 cm³/mol. The van der Waals surface area contributed by atoms with E-state index in [2.05, 4.69) is 123 Å². The van der Waals surface area contributed by atoms with Crippen molar-refractivity contribution in [1.82, 2.24) is 0 Å². The second kappa shape index (κ2) is 70.0. The standard InChI is InChI=1S/C80H142NO8P/c1-6-8-10-12-14-16-18-20-22-24-26-28-30-32-34-35-36-37-38-39-40-41-42-43-44-45-47-49-51-53-55-57-59-61-63-65-67-69-71-73-80(83)89-78(77-88-90(84,85)87-75-74-81(3,4)5)76-86-79(82)72-70-68-66-64-62-60-58-56-54-52-50-48-46-33-31-29-27-25-23-21-19-17-15-13-11-9-7-2/h8,10,14,16,19-22,25-28,32,34,36-37,39-40,78H,6-7,9,11-13,15,17-18,23-24,29-31,33,35,38,41-77H2,1-5H3/p+1/b10-8-,16-14-,21-19-,22-20-,27-25-,28-26-,34-32-,37-36-,40-39-. The van der Waals surface area contributed by atoms with Crippen molar-refractivity contribution in [2.75, 3.05) is 47.5 Å². The highest BCUT2D eigenvalue weighted by molar-refractivity contribution is 7.47. The van der Waals surface area contributed by atoms with E-state index in [0.717, 1.165) is 83.5 Å². The van der Waals surface area contributed by atoms with Crippen LogP contribution in [0, 0.1) is 0 Å². The van der Waals surface area contributed by atoms with Crippen LogP contribution in [0.2, 0.25) is 0 Å². The highest BCUT2D eigenvalue weighted by Gasteiger charge is 2.27. The van der Waals surface area contributed by atoms with Crippen LogP contribution < -0.4 is 0 Å². The minimum Gasteiger partial charge on any atom is -0.462 e. The Morgan fingerprint density at radius 2 is 0.633 bits per heavy atom. The average Bonchev–Trinajstić information content (AvgIpc) is 3.58. The summed E-state index contributed by atoms with van der Waals surface area (Å²) in [5.41, 5.74) is 0. The van der Waals surface area contributed by atoms with Crippen LogP contribution in [0.1, 0.15) is 335 Å². The zero-order valence-electron chi connectivity index (χ0n) is 59.4. The van der Waals surface area contributed by atoms with Crippen LogP contribution in [0.15, 0.2) is 109 Å². The van der Waals surface area contributed by atoms with Gasteiger partial charge in [0.15, 0.2) is 6.10 Å². The number of unbranched alkanes of at least 4 members (excludes halogenated alkanes) is 37. The molecule has 10 heteroatoms. The fourth-order valence-electron chi connectivity index (χ4n) is 10.6. The number of phosphoric ester groups is 1. The zero-order chi connectivity index (χ0) is 65.5. The molecule has 2 unspecified atom stereocenters. The van der Waals surface area contributed by atoms with Gasteiger partial charge in [-0.1, -0.05) is 329 Å². The molecule has 0 aliphatic carbocycles. The Kier molecular flexibility index (Phi) is 67.4. The molecule has 0 aromatic rings. The zero-order valence-corrected chi connectivity index (χ0v) is 60.2. The molecule has 0 spiro atoms. The van der Waals surface area contributed by atoms with Crippen molar-refractivity contribution >= 4 is 19.8 Å². The number of nitrogens with zero attached hydrogens (tertiary/aromatic N) is 1. The second-order valence-electron chi connectivity index (χ2n) is 26.3. The third-order valence-electron chi connectivity index (χ3n) is 16.3. The van der Waals surface area contributed by atoms with Gasteiger partial charge in [-0.2, -0.15) is 0 Å². The van der Waals surface area contributed by atoms with E-state index in [9.17, 15) is 19.0 Å². The molecule has 0 radical (unpaired) electrons. The maximum Gasteiger partial charge on any atom is 0.472 e. The van der Waals surface area contributed by atoms with Crippen molar-refractivity contribution in [3.8, 4) is 0 Å². The predicted octanol–water partition coefficient (Wildman–Crippen LogP) is 24.8. The second-order valence-corrected chi connectivity index (χ2v) is 27.8. The van der Waals surface area contributed by atoms with E-state index < -0.39 is 26.5 Å². The van der Waals surface area contributed by atoms with Crippen LogP contribution in [-0.2, 0) is 32.7 Å². The van der Waals surface area contributed by atoms with Crippen LogP contribution in [0.4, 0.5) is 0 Å². The minimum absolute atomic E-state index is 0.0301. The summed E-state index contributed by atoms with van der Waals surface area (Å²) in [6, 6.07) is 0. The summed E-state index contributed by atoms with van der Waals surface area (Å²) < 4.78 is 34.8. The van der Waals surface area contributed by atoms with Crippen molar-refractivity contribution in [3.63, 3.8) is 0 Å².